The number of hydrogen-bond acceptors (Lipinski definition) is 17. The lowest BCUT2D eigenvalue weighted by molar-refractivity contribution is -0.368. The first kappa shape index (κ1) is 74.5. The van der Waals surface area contributed by atoms with Crippen molar-refractivity contribution in [3.63, 3.8) is 0 Å². The molecule has 3 heterocycles. The van der Waals surface area contributed by atoms with Crippen LogP contribution in [0.2, 0.25) is 0 Å². The maximum absolute atomic E-state index is 13.9. The highest BCUT2D eigenvalue weighted by atomic mass is 32.2. The molecule has 538 valence electrons. The Bertz CT molecular complexity index is 3870. The van der Waals surface area contributed by atoms with Gasteiger partial charge >= 0.3 is 5.97 Å². The van der Waals surface area contributed by atoms with Gasteiger partial charge in [0.05, 0.1) is 78.6 Å². The molecule has 0 spiro atoms. The molecule has 1 amide bonds. The summed E-state index contributed by atoms with van der Waals surface area (Å²) in [5, 5.41) is 2.59. The Morgan fingerprint density at radius 2 is 0.680 bits per heavy atom. The van der Waals surface area contributed by atoms with Crippen LogP contribution >= 0.6 is 11.8 Å². The zero-order valence-electron chi connectivity index (χ0n) is 58.1. The van der Waals surface area contributed by atoms with Crippen molar-refractivity contribution >= 4 is 23.6 Å². The number of nitrogens with one attached hydrogen (secondary N) is 1. The molecule has 3 aliphatic rings. The van der Waals surface area contributed by atoms with Crippen LogP contribution in [0, 0.1) is 0 Å². The Hall–Kier alpha value is -8.25. The van der Waals surface area contributed by atoms with E-state index >= 15 is 0 Å². The van der Waals surface area contributed by atoms with Gasteiger partial charge in [0.25, 0.3) is 0 Å². The van der Waals surface area contributed by atoms with Crippen LogP contribution in [0.5, 0.6) is 0 Å². The summed E-state index contributed by atoms with van der Waals surface area (Å²) in [6, 6.07) is 89.5. The maximum Gasteiger partial charge on any atom is 0.306 e. The van der Waals surface area contributed by atoms with E-state index in [1.165, 1.54) is 7.05 Å². The van der Waals surface area contributed by atoms with Gasteiger partial charge in [-0.25, -0.2) is 0 Å². The topological polar surface area (TPSA) is 175 Å². The lowest BCUT2D eigenvalue weighted by atomic mass is 9.96. The number of thioether (sulfide) groups is 1. The fourth-order valence-electron chi connectivity index (χ4n) is 12.7. The standard InChI is InChI=1S/C85H91NO16S/c1-60-74(101-73(88)49-48-72(87)86-2)77(91-52-63-34-16-5-17-35-63)80(94-55-66-40-22-8-23-41-66)83(98-60)97-59-71-75(90-51-62-32-14-4-15-33-62)78(92-53-64-36-18-6-19-37-64)81(95-56-67-42-24-9-25-43-67)84(99-71)102-76-70(58-89-50-61-30-12-3-13-31-61)100-85(103-69-46-28-11-29-47-69)82(96-57-68-44-26-10-27-45-68)79(76)93-54-65-38-20-7-21-39-65/h3-47,60,70-71,74-85H,48-59H2,1-2H3,(H,86,87)/t60?,70?,71-,74+,75+,76+,77-,78?,79+,80?,81?,82?,83+,84-,85-/m0/s1. The van der Waals surface area contributed by atoms with Gasteiger partial charge in [0, 0.05) is 18.4 Å². The monoisotopic (exact) mass is 1410 g/mol. The maximum atomic E-state index is 13.9. The SMILES string of the molecule is CNC(=O)CCC(=O)O[C@@H]1C(C)O[C@@H](OC[C@@H]2O[C@@H](O[C@@H]3C(COCc4ccccc4)O[C@@H](Sc4ccccc4)C(OCc4ccccc4)[C@@H]3OCc3ccccc3)C(OCc3ccccc3)C(OCc3ccccc3)[C@@H]2OCc2ccccc2)C(OCc2ccccc2)[C@H]1OCc1ccccc1. The van der Waals surface area contributed by atoms with Gasteiger partial charge in [-0.3, -0.25) is 9.59 Å². The molecule has 9 aromatic rings. The number of esters is 1. The quantitative estimate of drug-likeness (QED) is 0.0367. The summed E-state index contributed by atoms with van der Waals surface area (Å²) >= 11 is 1.54. The molecule has 3 saturated heterocycles. The Morgan fingerprint density at radius 1 is 0.340 bits per heavy atom. The molecule has 0 saturated carbocycles. The van der Waals surface area contributed by atoms with Crippen molar-refractivity contribution in [2.24, 2.45) is 0 Å². The third-order valence-electron chi connectivity index (χ3n) is 18.1. The minimum atomic E-state index is -1.30. The van der Waals surface area contributed by atoms with Gasteiger partial charge < -0.3 is 71.6 Å². The van der Waals surface area contributed by atoms with Crippen LogP contribution in [0.3, 0.4) is 0 Å². The molecule has 1 N–H and O–H groups in total. The molecule has 103 heavy (non-hydrogen) atoms. The Labute approximate surface area is 608 Å². The average molecular weight is 1410 g/mol. The highest BCUT2D eigenvalue weighted by Crippen LogP contribution is 2.42. The molecule has 3 aliphatic heterocycles. The van der Waals surface area contributed by atoms with Crippen LogP contribution < -0.4 is 5.32 Å². The first-order valence-corrected chi connectivity index (χ1v) is 36.2. The van der Waals surface area contributed by atoms with Crippen LogP contribution in [0.1, 0.15) is 64.3 Å². The van der Waals surface area contributed by atoms with E-state index in [4.69, 9.17) is 66.3 Å². The van der Waals surface area contributed by atoms with Crippen LogP contribution in [0.15, 0.2) is 278 Å². The van der Waals surface area contributed by atoms with Crippen molar-refractivity contribution < 1.29 is 75.9 Å². The van der Waals surface area contributed by atoms with Crippen molar-refractivity contribution in [3.8, 4) is 0 Å². The molecule has 3 fully saturated rings. The number of hydrogen-bond donors (Lipinski definition) is 1. The molecular weight excluding hydrogens is 1320 g/mol. The predicted molar refractivity (Wildman–Crippen MR) is 389 cm³/mol. The van der Waals surface area contributed by atoms with E-state index in [2.05, 4.69) is 17.4 Å². The summed E-state index contributed by atoms with van der Waals surface area (Å²) in [7, 11) is 1.52. The highest BCUT2D eigenvalue weighted by Gasteiger charge is 2.56. The molecule has 9 aromatic carbocycles. The Kier molecular flexibility index (Phi) is 28.6. The fourth-order valence-corrected chi connectivity index (χ4v) is 13.9. The molecule has 0 aromatic heterocycles. The molecular formula is C85H91NO16S. The summed E-state index contributed by atoms with van der Waals surface area (Å²) in [5.41, 5.74) is 6.65. The first-order chi connectivity index (χ1) is 50.8. The van der Waals surface area contributed by atoms with E-state index in [9.17, 15) is 9.59 Å². The number of carbonyl (C=O) groups is 2. The summed E-state index contributed by atoms with van der Waals surface area (Å²) in [6.45, 7) is 2.98. The minimum Gasteiger partial charge on any atom is -0.457 e. The molecule has 18 heteroatoms. The van der Waals surface area contributed by atoms with Crippen molar-refractivity contribution in [2.75, 3.05) is 20.3 Å². The van der Waals surface area contributed by atoms with Crippen LogP contribution in [0.4, 0.5) is 0 Å². The second kappa shape index (κ2) is 39.6. The van der Waals surface area contributed by atoms with Gasteiger partial charge in [-0.2, -0.15) is 0 Å². The van der Waals surface area contributed by atoms with Crippen molar-refractivity contribution in [3.05, 3.63) is 317 Å². The number of amides is 1. The Morgan fingerprint density at radius 3 is 1.10 bits per heavy atom. The largest absolute Gasteiger partial charge is 0.457 e. The van der Waals surface area contributed by atoms with Crippen molar-refractivity contribution in [2.45, 2.75) is 169 Å². The summed E-state index contributed by atoms with van der Waals surface area (Å²) in [5.74, 6) is -0.908. The number of benzene rings is 9. The molecule has 0 radical (unpaired) electrons. The zero-order chi connectivity index (χ0) is 70.6. The van der Waals surface area contributed by atoms with Crippen LogP contribution in [0.25, 0.3) is 0 Å². The third kappa shape index (κ3) is 22.2. The number of rotatable bonds is 36. The molecule has 15 atom stereocenters. The molecule has 6 unspecified atom stereocenters. The lowest BCUT2D eigenvalue weighted by Crippen LogP contribution is -2.66. The van der Waals surface area contributed by atoms with E-state index in [-0.39, 0.29) is 84.8 Å². The average Bonchev–Trinajstić information content (AvgIpc) is 0.770. The van der Waals surface area contributed by atoms with Gasteiger partial charge in [-0.05, 0) is 63.6 Å². The Balaban J connectivity index is 0.962. The predicted octanol–water partition coefficient (Wildman–Crippen LogP) is 14.1. The third-order valence-corrected chi connectivity index (χ3v) is 19.3. The van der Waals surface area contributed by atoms with Crippen molar-refractivity contribution in [1.82, 2.24) is 5.32 Å². The lowest BCUT2D eigenvalue weighted by Gasteiger charge is -2.50. The van der Waals surface area contributed by atoms with Gasteiger partial charge in [0.1, 0.15) is 66.5 Å². The summed E-state index contributed by atoms with van der Waals surface area (Å²) in [6.07, 6.45) is -14.1. The molecule has 17 nitrogen and oxygen atoms in total. The normalized spacial score (nSPS) is 24.8. The molecule has 0 aliphatic carbocycles. The first-order valence-electron chi connectivity index (χ1n) is 35.3. The van der Waals surface area contributed by atoms with Crippen LogP contribution in [-0.2, 0) is 129 Å². The fraction of sp³-hybridized carbons (Fsp3) is 0.341. The second-order valence-corrected chi connectivity index (χ2v) is 26.8. The van der Waals surface area contributed by atoms with E-state index in [1.54, 1.807) is 18.7 Å². The molecule has 12 rings (SSSR count). The minimum absolute atomic E-state index is 0.0625. The number of carbonyl (C=O) groups excluding carboxylic acids is 2. The van der Waals surface area contributed by atoms with Gasteiger partial charge in [0.15, 0.2) is 18.7 Å². The number of ether oxygens (including phenoxy) is 14. The second-order valence-electron chi connectivity index (χ2n) is 25.6. The zero-order valence-corrected chi connectivity index (χ0v) is 58.9. The summed E-state index contributed by atoms with van der Waals surface area (Å²) < 4.78 is 101. The van der Waals surface area contributed by atoms with E-state index < -0.39 is 97.2 Å². The van der Waals surface area contributed by atoms with Gasteiger partial charge in [-0.1, -0.05) is 273 Å². The smallest absolute Gasteiger partial charge is 0.306 e. The van der Waals surface area contributed by atoms with E-state index in [0.717, 1.165) is 49.4 Å². The molecule has 0 bridgehead atoms. The van der Waals surface area contributed by atoms with Crippen LogP contribution in [-0.4, -0.2) is 123 Å². The van der Waals surface area contributed by atoms with E-state index in [1.807, 2.05) is 261 Å². The highest BCUT2D eigenvalue weighted by molar-refractivity contribution is 7.99. The summed E-state index contributed by atoms with van der Waals surface area (Å²) in [4.78, 5) is 27.3. The van der Waals surface area contributed by atoms with Crippen molar-refractivity contribution in [1.29, 1.82) is 0 Å². The van der Waals surface area contributed by atoms with Gasteiger partial charge in [-0.15, -0.1) is 0 Å². The van der Waals surface area contributed by atoms with E-state index in [0.29, 0.717) is 0 Å². The van der Waals surface area contributed by atoms with Gasteiger partial charge in [0.2, 0.25) is 5.91 Å².